The van der Waals surface area contributed by atoms with Gasteiger partial charge in [-0.15, -0.1) is 0 Å². The molecule has 0 aliphatic carbocycles. The molecule has 0 fully saturated rings. The zero-order chi connectivity index (χ0) is 13.9. The van der Waals surface area contributed by atoms with Crippen molar-refractivity contribution in [2.45, 2.75) is 18.4 Å². The number of hydrogen-bond donors (Lipinski definition) is 1. The van der Waals surface area contributed by atoms with Crippen LogP contribution >= 0.6 is 0 Å². The van der Waals surface area contributed by atoms with Gasteiger partial charge in [0.25, 0.3) is 0 Å². The number of sulfonamides is 1. The van der Waals surface area contributed by atoms with E-state index in [9.17, 15) is 8.42 Å². The fraction of sp³-hybridized carbons (Fsp3) is 0.636. The summed E-state index contributed by atoms with van der Waals surface area (Å²) in [6, 6.07) is 1.37. The molecule has 18 heavy (non-hydrogen) atoms. The van der Waals surface area contributed by atoms with Crippen LogP contribution in [0.25, 0.3) is 0 Å². The predicted molar refractivity (Wildman–Crippen MR) is 67.7 cm³/mol. The van der Waals surface area contributed by atoms with Crippen LogP contribution in [0.1, 0.15) is 11.5 Å². The minimum Gasteiger partial charge on any atom is -0.462 e. The maximum absolute atomic E-state index is 12.3. The van der Waals surface area contributed by atoms with Crippen LogP contribution in [-0.2, 0) is 16.6 Å². The molecule has 7 heteroatoms. The molecule has 6 nitrogen and oxygen atoms in total. The number of aliphatic hydroxyl groups is 1. The van der Waals surface area contributed by atoms with Crippen molar-refractivity contribution < 1.29 is 17.9 Å². The first-order valence-corrected chi connectivity index (χ1v) is 7.04. The highest BCUT2D eigenvalue weighted by molar-refractivity contribution is 7.89. The smallest absolute Gasteiger partial charge is 0.246 e. The van der Waals surface area contributed by atoms with Crippen molar-refractivity contribution in [3.05, 3.63) is 17.6 Å². The summed E-state index contributed by atoms with van der Waals surface area (Å²) in [6.45, 7) is 2.30. The lowest BCUT2D eigenvalue weighted by atomic mass is 10.4. The molecule has 0 aliphatic rings. The molecule has 104 valence electrons. The van der Waals surface area contributed by atoms with Crippen LogP contribution in [0.3, 0.4) is 0 Å². The summed E-state index contributed by atoms with van der Waals surface area (Å²) in [6.07, 6.45) is 0. The zero-order valence-electron chi connectivity index (χ0n) is 11.2. The van der Waals surface area contributed by atoms with Crippen molar-refractivity contribution in [1.82, 2.24) is 9.21 Å². The number of rotatable bonds is 6. The highest BCUT2D eigenvalue weighted by atomic mass is 32.2. The number of aryl methyl sites for hydroxylation is 1. The topological polar surface area (TPSA) is 74.0 Å². The average molecular weight is 276 g/mol. The second-order valence-electron chi connectivity index (χ2n) is 4.42. The minimum absolute atomic E-state index is 0.118. The quantitative estimate of drug-likeness (QED) is 0.807. The molecule has 1 rings (SSSR count). The van der Waals surface area contributed by atoms with Gasteiger partial charge in [-0.2, -0.15) is 4.31 Å². The molecular formula is C11H20N2O4S. The van der Waals surface area contributed by atoms with E-state index in [1.165, 1.54) is 17.4 Å². The minimum atomic E-state index is -3.55. The van der Waals surface area contributed by atoms with Crippen molar-refractivity contribution in [3.63, 3.8) is 0 Å². The Kier molecular flexibility index (Phi) is 4.92. The molecule has 0 saturated carbocycles. The van der Waals surface area contributed by atoms with Crippen LogP contribution in [0.5, 0.6) is 0 Å². The molecule has 1 aromatic heterocycles. The third-order valence-corrected chi connectivity index (χ3v) is 4.59. The first-order valence-electron chi connectivity index (χ1n) is 5.60. The molecule has 0 aliphatic heterocycles. The SMILES string of the molecule is Cc1oc(CO)cc1S(=O)(=O)N(C)CCN(C)C. The first-order chi connectivity index (χ1) is 8.28. The van der Waals surface area contributed by atoms with E-state index < -0.39 is 10.0 Å². The Morgan fingerprint density at radius 3 is 2.33 bits per heavy atom. The zero-order valence-corrected chi connectivity index (χ0v) is 12.0. The predicted octanol–water partition coefficient (Wildman–Crippen LogP) is 0.262. The Morgan fingerprint density at radius 1 is 1.28 bits per heavy atom. The van der Waals surface area contributed by atoms with Crippen molar-refractivity contribution >= 4 is 10.0 Å². The molecule has 0 aromatic carbocycles. The lowest BCUT2D eigenvalue weighted by Gasteiger charge is -2.18. The van der Waals surface area contributed by atoms with Crippen LogP contribution in [0.15, 0.2) is 15.4 Å². The Morgan fingerprint density at radius 2 is 1.89 bits per heavy atom. The van der Waals surface area contributed by atoms with Gasteiger partial charge in [-0.25, -0.2) is 8.42 Å². The van der Waals surface area contributed by atoms with Crippen molar-refractivity contribution in [2.24, 2.45) is 0 Å². The number of likely N-dealkylation sites (N-methyl/N-ethyl adjacent to an activating group) is 2. The highest BCUT2D eigenvalue weighted by Gasteiger charge is 2.25. The van der Waals surface area contributed by atoms with Crippen LogP contribution in [0, 0.1) is 6.92 Å². The normalized spacial score (nSPS) is 12.6. The summed E-state index contributed by atoms with van der Waals surface area (Å²) >= 11 is 0. The molecule has 1 N–H and O–H groups in total. The Bertz CT molecular complexity index is 493. The summed E-state index contributed by atoms with van der Waals surface area (Å²) in [7, 11) is 1.74. The van der Waals surface area contributed by atoms with Gasteiger partial charge in [0.1, 0.15) is 23.0 Å². The molecule has 1 heterocycles. The average Bonchev–Trinajstić information content (AvgIpc) is 2.67. The Hall–Kier alpha value is -0.890. The molecule has 0 unspecified atom stereocenters. The van der Waals surface area contributed by atoms with Gasteiger partial charge in [0.05, 0.1) is 0 Å². The van der Waals surface area contributed by atoms with E-state index >= 15 is 0 Å². The van der Waals surface area contributed by atoms with E-state index in [-0.39, 0.29) is 17.3 Å². The van der Waals surface area contributed by atoms with Crippen molar-refractivity contribution in [1.29, 1.82) is 0 Å². The summed E-state index contributed by atoms with van der Waals surface area (Å²) in [4.78, 5) is 2.03. The second kappa shape index (κ2) is 5.83. The fourth-order valence-electron chi connectivity index (χ4n) is 1.49. The third-order valence-electron chi connectivity index (χ3n) is 2.63. The van der Waals surface area contributed by atoms with Gasteiger partial charge < -0.3 is 14.4 Å². The van der Waals surface area contributed by atoms with Gasteiger partial charge in [-0.1, -0.05) is 0 Å². The summed E-state index contributed by atoms with van der Waals surface area (Å²) in [5.74, 6) is 0.558. The van der Waals surface area contributed by atoms with E-state index in [4.69, 9.17) is 9.52 Å². The molecule has 0 spiro atoms. The largest absolute Gasteiger partial charge is 0.462 e. The number of aliphatic hydroxyl groups excluding tert-OH is 1. The van der Waals surface area contributed by atoms with Crippen molar-refractivity contribution in [3.8, 4) is 0 Å². The van der Waals surface area contributed by atoms with Crippen LogP contribution in [0.2, 0.25) is 0 Å². The summed E-state index contributed by atoms with van der Waals surface area (Å²) in [5, 5.41) is 8.95. The van der Waals surface area contributed by atoms with E-state index in [1.807, 2.05) is 19.0 Å². The molecule has 0 saturated heterocycles. The number of nitrogens with zero attached hydrogens (tertiary/aromatic N) is 2. The fourth-order valence-corrected chi connectivity index (χ4v) is 2.83. The first kappa shape index (κ1) is 15.2. The van der Waals surface area contributed by atoms with Gasteiger partial charge in [0.2, 0.25) is 10.0 Å². The van der Waals surface area contributed by atoms with Crippen LogP contribution < -0.4 is 0 Å². The molecule has 1 aromatic rings. The maximum Gasteiger partial charge on any atom is 0.246 e. The van der Waals surface area contributed by atoms with E-state index in [1.54, 1.807) is 6.92 Å². The van der Waals surface area contributed by atoms with E-state index in [0.717, 1.165) is 0 Å². The lowest BCUT2D eigenvalue weighted by molar-refractivity contribution is 0.244. The van der Waals surface area contributed by atoms with Crippen LogP contribution in [0.4, 0.5) is 0 Å². The van der Waals surface area contributed by atoms with Gasteiger partial charge in [0, 0.05) is 26.2 Å². The standard InChI is InChI=1S/C11H20N2O4S/c1-9-11(7-10(8-14)17-9)18(15,16)13(4)6-5-12(2)3/h7,14H,5-6,8H2,1-4H3. The number of hydrogen-bond acceptors (Lipinski definition) is 5. The Balaban J connectivity index is 2.94. The lowest BCUT2D eigenvalue weighted by Crippen LogP contribution is -2.33. The van der Waals surface area contributed by atoms with Gasteiger partial charge >= 0.3 is 0 Å². The summed E-state index contributed by atoms with van der Waals surface area (Å²) < 4.78 is 31.0. The van der Waals surface area contributed by atoms with Gasteiger partial charge in [-0.05, 0) is 21.0 Å². The molecule has 0 bridgehead atoms. The molecule has 0 radical (unpaired) electrons. The van der Waals surface area contributed by atoms with E-state index in [2.05, 4.69) is 0 Å². The van der Waals surface area contributed by atoms with Gasteiger partial charge in [0.15, 0.2) is 0 Å². The van der Waals surface area contributed by atoms with Gasteiger partial charge in [-0.3, -0.25) is 0 Å². The Labute approximate surface area is 108 Å². The maximum atomic E-state index is 12.3. The highest BCUT2D eigenvalue weighted by Crippen LogP contribution is 2.22. The monoisotopic (exact) mass is 276 g/mol. The summed E-state index contributed by atoms with van der Waals surface area (Å²) in [5.41, 5.74) is 0. The second-order valence-corrected chi connectivity index (χ2v) is 6.43. The molecule has 0 amide bonds. The molecular weight excluding hydrogens is 256 g/mol. The molecule has 0 atom stereocenters. The van der Waals surface area contributed by atoms with Crippen molar-refractivity contribution in [2.75, 3.05) is 34.2 Å². The van der Waals surface area contributed by atoms with E-state index in [0.29, 0.717) is 18.8 Å². The number of furan rings is 1. The van der Waals surface area contributed by atoms with Crippen LogP contribution in [-0.4, -0.2) is 57.0 Å². The third kappa shape index (κ3) is 3.32.